The number of ether oxygens (including phenoxy) is 1. The second-order valence-corrected chi connectivity index (χ2v) is 8.21. The molecule has 1 N–H and O–H groups in total. The number of carbonyl (C=O) groups is 1. The lowest BCUT2D eigenvalue weighted by atomic mass is 10.0. The highest BCUT2D eigenvalue weighted by atomic mass is 79.9. The highest BCUT2D eigenvalue weighted by Crippen LogP contribution is 2.27. The largest absolute Gasteiger partial charge is 0.379 e. The van der Waals surface area contributed by atoms with Crippen LogP contribution in [0.1, 0.15) is 15.9 Å². The zero-order chi connectivity index (χ0) is 20.2. The molecular weight excluding hydrogens is 430 g/mol. The number of rotatable bonds is 5. The van der Waals surface area contributed by atoms with Gasteiger partial charge in [0.1, 0.15) is 0 Å². The van der Waals surface area contributed by atoms with Crippen LogP contribution in [0.25, 0.3) is 22.2 Å². The van der Waals surface area contributed by atoms with Crippen molar-refractivity contribution in [1.82, 2.24) is 15.2 Å². The van der Waals surface area contributed by atoms with Gasteiger partial charge in [0.15, 0.2) is 0 Å². The van der Waals surface area contributed by atoms with Crippen molar-refractivity contribution in [3.05, 3.63) is 64.1 Å². The van der Waals surface area contributed by atoms with Crippen molar-refractivity contribution in [1.29, 1.82) is 0 Å². The van der Waals surface area contributed by atoms with Gasteiger partial charge in [0.2, 0.25) is 0 Å². The smallest absolute Gasteiger partial charge is 0.252 e. The Morgan fingerprint density at radius 3 is 2.79 bits per heavy atom. The normalized spacial score (nSPS) is 14.8. The number of hydrogen-bond acceptors (Lipinski definition) is 4. The molecule has 1 aromatic heterocycles. The number of halogens is 1. The van der Waals surface area contributed by atoms with Gasteiger partial charge in [0, 0.05) is 41.6 Å². The van der Waals surface area contributed by atoms with Gasteiger partial charge in [-0.2, -0.15) is 0 Å². The molecule has 0 atom stereocenters. The molecule has 2 heterocycles. The van der Waals surface area contributed by atoms with Crippen molar-refractivity contribution >= 4 is 32.7 Å². The zero-order valence-corrected chi connectivity index (χ0v) is 18.0. The molecule has 5 nitrogen and oxygen atoms in total. The fourth-order valence-corrected chi connectivity index (χ4v) is 3.95. The number of aryl methyl sites for hydroxylation is 1. The fourth-order valence-electron chi connectivity index (χ4n) is 3.59. The Morgan fingerprint density at radius 2 is 2.00 bits per heavy atom. The van der Waals surface area contributed by atoms with Crippen LogP contribution in [0.3, 0.4) is 0 Å². The SMILES string of the molecule is Cc1cccc(-c2cc(C(=O)NCCN3CCOCC3)c3cc(Br)ccc3n2)c1. The van der Waals surface area contributed by atoms with Gasteiger partial charge in [0.05, 0.1) is 30.0 Å². The summed E-state index contributed by atoms with van der Waals surface area (Å²) in [4.78, 5) is 20.2. The van der Waals surface area contributed by atoms with E-state index in [4.69, 9.17) is 9.72 Å². The van der Waals surface area contributed by atoms with Gasteiger partial charge in [-0.05, 0) is 37.3 Å². The van der Waals surface area contributed by atoms with E-state index in [0.717, 1.165) is 65.0 Å². The lowest BCUT2D eigenvalue weighted by Gasteiger charge is -2.26. The number of benzene rings is 2. The molecule has 2 aromatic carbocycles. The van der Waals surface area contributed by atoms with E-state index in [-0.39, 0.29) is 5.91 Å². The summed E-state index contributed by atoms with van der Waals surface area (Å²) >= 11 is 3.52. The molecule has 1 fully saturated rings. The quantitative estimate of drug-likeness (QED) is 0.633. The van der Waals surface area contributed by atoms with E-state index in [1.165, 1.54) is 0 Å². The number of hydrogen-bond donors (Lipinski definition) is 1. The minimum absolute atomic E-state index is 0.0716. The van der Waals surface area contributed by atoms with E-state index < -0.39 is 0 Å². The second-order valence-electron chi connectivity index (χ2n) is 7.30. The first-order valence-corrected chi connectivity index (χ1v) is 10.6. The number of nitrogens with one attached hydrogen (secondary N) is 1. The first-order valence-electron chi connectivity index (χ1n) is 9.86. The summed E-state index contributed by atoms with van der Waals surface area (Å²) in [6.45, 7) is 6.84. The molecule has 1 aliphatic heterocycles. The topological polar surface area (TPSA) is 54.5 Å². The van der Waals surface area contributed by atoms with Crippen molar-refractivity contribution in [3.8, 4) is 11.3 Å². The molecule has 29 heavy (non-hydrogen) atoms. The molecule has 0 aliphatic carbocycles. The number of amides is 1. The Morgan fingerprint density at radius 1 is 1.17 bits per heavy atom. The molecule has 150 valence electrons. The molecular formula is C23H24BrN3O2. The third kappa shape index (κ3) is 4.83. The van der Waals surface area contributed by atoms with Crippen LogP contribution in [0.15, 0.2) is 53.0 Å². The summed E-state index contributed by atoms with van der Waals surface area (Å²) in [5, 5.41) is 3.93. The van der Waals surface area contributed by atoms with Crippen LogP contribution >= 0.6 is 15.9 Å². The first kappa shape index (κ1) is 20.0. The monoisotopic (exact) mass is 453 g/mol. The Hall–Kier alpha value is -2.28. The minimum atomic E-state index is -0.0716. The zero-order valence-electron chi connectivity index (χ0n) is 16.5. The predicted molar refractivity (Wildman–Crippen MR) is 119 cm³/mol. The lowest BCUT2D eigenvalue weighted by molar-refractivity contribution is 0.0383. The number of fused-ring (bicyclic) bond motifs is 1. The van der Waals surface area contributed by atoms with Gasteiger partial charge in [0.25, 0.3) is 5.91 Å². The number of pyridine rings is 1. The minimum Gasteiger partial charge on any atom is -0.379 e. The number of aromatic nitrogens is 1. The molecule has 0 radical (unpaired) electrons. The Labute approximate surface area is 179 Å². The summed E-state index contributed by atoms with van der Waals surface area (Å²) in [6.07, 6.45) is 0. The van der Waals surface area contributed by atoms with Crippen LogP contribution in [0.2, 0.25) is 0 Å². The van der Waals surface area contributed by atoms with Crippen molar-refractivity contribution in [3.63, 3.8) is 0 Å². The molecule has 1 saturated heterocycles. The highest BCUT2D eigenvalue weighted by Gasteiger charge is 2.16. The maximum atomic E-state index is 13.1. The van der Waals surface area contributed by atoms with Gasteiger partial charge >= 0.3 is 0 Å². The van der Waals surface area contributed by atoms with Gasteiger partial charge < -0.3 is 10.1 Å². The van der Waals surface area contributed by atoms with E-state index >= 15 is 0 Å². The summed E-state index contributed by atoms with van der Waals surface area (Å²) in [6, 6.07) is 15.9. The molecule has 6 heteroatoms. The van der Waals surface area contributed by atoms with E-state index in [2.05, 4.69) is 45.2 Å². The van der Waals surface area contributed by atoms with Crippen LogP contribution in [0.5, 0.6) is 0 Å². The molecule has 4 rings (SSSR count). The predicted octanol–water partition coefficient (Wildman–Crippen LogP) is 4.03. The van der Waals surface area contributed by atoms with E-state index in [1.54, 1.807) is 0 Å². The van der Waals surface area contributed by atoms with E-state index in [9.17, 15) is 4.79 Å². The number of carbonyl (C=O) groups excluding carboxylic acids is 1. The van der Waals surface area contributed by atoms with Crippen LogP contribution in [-0.4, -0.2) is 55.2 Å². The molecule has 1 amide bonds. The Kier molecular flexibility index (Phi) is 6.23. The molecule has 0 bridgehead atoms. The third-order valence-electron chi connectivity index (χ3n) is 5.15. The van der Waals surface area contributed by atoms with Gasteiger partial charge in [-0.25, -0.2) is 4.98 Å². The molecule has 0 saturated carbocycles. The maximum absolute atomic E-state index is 13.1. The van der Waals surface area contributed by atoms with Crippen molar-refractivity contribution in [2.45, 2.75) is 6.92 Å². The highest BCUT2D eigenvalue weighted by molar-refractivity contribution is 9.10. The number of morpholine rings is 1. The third-order valence-corrected chi connectivity index (χ3v) is 5.64. The standard InChI is InChI=1S/C23H24BrN3O2/c1-16-3-2-4-17(13-16)22-15-20(19-14-18(24)5-6-21(19)26-22)23(28)25-7-8-27-9-11-29-12-10-27/h2-6,13-15H,7-12H2,1H3,(H,25,28). The first-order chi connectivity index (χ1) is 14.1. The molecule has 0 unspecified atom stereocenters. The second kappa shape index (κ2) is 9.03. The van der Waals surface area contributed by atoms with Crippen LogP contribution < -0.4 is 5.32 Å². The van der Waals surface area contributed by atoms with Crippen molar-refractivity contribution in [2.75, 3.05) is 39.4 Å². The fraction of sp³-hybridized carbons (Fsp3) is 0.304. The van der Waals surface area contributed by atoms with Crippen LogP contribution in [0.4, 0.5) is 0 Å². The summed E-state index contributed by atoms with van der Waals surface area (Å²) in [5.41, 5.74) is 4.44. The van der Waals surface area contributed by atoms with E-state index in [0.29, 0.717) is 12.1 Å². The van der Waals surface area contributed by atoms with Gasteiger partial charge in [-0.3, -0.25) is 9.69 Å². The van der Waals surface area contributed by atoms with Crippen LogP contribution in [0, 0.1) is 6.92 Å². The summed E-state index contributed by atoms with van der Waals surface area (Å²) < 4.78 is 6.31. The average Bonchev–Trinajstić information content (AvgIpc) is 2.73. The van der Waals surface area contributed by atoms with Crippen molar-refractivity contribution in [2.24, 2.45) is 0 Å². The average molecular weight is 454 g/mol. The van der Waals surface area contributed by atoms with Crippen molar-refractivity contribution < 1.29 is 9.53 Å². The number of nitrogens with zero attached hydrogens (tertiary/aromatic N) is 2. The summed E-state index contributed by atoms with van der Waals surface area (Å²) in [5.74, 6) is -0.0716. The molecule has 1 aliphatic rings. The summed E-state index contributed by atoms with van der Waals surface area (Å²) in [7, 11) is 0. The van der Waals surface area contributed by atoms with Gasteiger partial charge in [-0.15, -0.1) is 0 Å². The van der Waals surface area contributed by atoms with E-state index in [1.807, 2.05) is 36.4 Å². The Bertz CT molecular complexity index is 1030. The van der Waals surface area contributed by atoms with Crippen LogP contribution in [-0.2, 0) is 4.74 Å². The maximum Gasteiger partial charge on any atom is 0.252 e. The molecule has 3 aromatic rings. The van der Waals surface area contributed by atoms with Gasteiger partial charge in [-0.1, -0.05) is 39.7 Å². The molecule has 0 spiro atoms. The Balaban J connectivity index is 1.62. The lowest BCUT2D eigenvalue weighted by Crippen LogP contribution is -2.41.